The van der Waals surface area contributed by atoms with E-state index in [0.29, 0.717) is 16.3 Å². The maximum absolute atomic E-state index is 12.4. The predicted octanol–water partition coefficient (Wildman–Crippen LogP) is 2.55. The van der Waals surface area contributed by atoms with Crippen LogP contribution in [0.5, 0.6) is 5.75 Å². The number of hydrogen-bond donors (Lipinski definition) is 2. The molecule has 0 aliphatic heterocycles. The number of sulfonamides is 1. The summed E-state index contributed by atoms with van der Waals surface area (Å²) in [4.78, 5) is 24.6. The number of ketones is 1. The average Bonchev–Trinajstić information content (AvgIpc) is 2.76. The van der Waals surface area contributed by atoms with Crippen LogP contribution >= 0.6 is 11.6 Å². The summed E-state index contributed by atoms with van der Waals surface area (Å²) >= 11 is 5.93. The van der Waals surface area contributed by atoms with E-state index in [-0.39, 0.29) is 49.1 Å². The molecule has 0 unspecified atom stereocenters. The number of carbonyl (C=O) groups excluding carboxylic acids is 2. The Morgan fingerprint density at radius 2 is 1.74 bits per heavy atom. The molecule has 2 aromatic rings. The lowest BCUT2D eigenvalue weighted by atomic mass is 10.1. The lowest BCUT2D eigenvalue weighted by Crippen LogP contribution is -2.27. The largest absolute Gasteiger partial charge is 0.496 e. The van der Waals surface area contributed by atoms with Crippen molar-refractivity contribution < 1.29 is 27.5 Å². The Bertz CT molecular complexity index is 1010. The van der Waals surface area contributed by atoms with Crippen molar-refractivity contribution in [3.63, 3.8) is 0 Å². The summed E-state index contributed by atoms with van der Waals surface area (Å²) in [6, 6.07) is 10.9. The van der Waals surface area contributed by atoms with E-state index in [0.717, 1.165) is 5.56 Å². The molecule has 0 atom stereocenters. The van der Waals surface area contributed by atoms with Crippen LogP contribution in [0, 0.1) is 0 Å². The topological polar surface area (TPSA) is 111 Å². The molecule has 0 fully saturated rings. The van der Waals surface area contributed by atoms with E-state index in [4.69, 9.17) is 21.1 Å². The second-order valence-corrected chi connectivity index (χ2v) is 8.78. The minimum absolute atomic E-state index is 0.00435. The van der Waals surface area contributed by atoms with E-state index in [9.17, 15) is 18.0 Å². The van der Waals surface area contributed by atoms with Crippen LogP contribution < -0.4 is 14.8 Å². The zero-order valence-electron chi connectivity index (χ0n) is 17.3. The Morgan fingerprint density at radius 1 is 1.03 bits per heavy atom. The second kappa shape index (κ2) is 11.8. The Morgan fingerprint density at radius 3 is 2.39 bits per heavy atom. The van der Waals surface area contributed by atoms with Gasteiger partial charge in [0, 0.05) is 38.1 Å². The van der Waals surface area contributed by atoms with Gasteiger partial charge in [-0.3, -0.25) is 9.59 Å². The van der Waals surface area contributed by atoms with Gasteiger partial charge in [0.2, 0.25) is 15.9 Å². The van der Waals surface area contributed by atoms with Gasteiger partial charge in [0.05, 0.1) is 24.2 Å². The predicted molar refractivity (Wildman–Crippen MR) is 117 cm³/mol. The molecular formula is C21H25ClN2O6S. The summed E-state index contributed by atoms with van der Waals surface area (Å²) in [7, 11) is -0.664. The number of nitrogens with one attached hydrogen (secondary N) is 2. The highest BCUT2D eigenvalue weighted by Gasteiger charge is 2.15. The maximum Gasteiger partial charge on any atom is 0.240 e. The summed E-state index contributed by atoms with van der Waals surface area (Å²) in [6.07, 6.45) is 0.0112. The first-order chi connectivity index (χ1) is 14.8. The van der Waals surface area contributed by atoms with Crippen molar-refractivity contribution in [1.29, 1.82) is 0 Å². The van der Waals surface area contributed by atoms with Crippen LogP contribution in [-0.2, 0) is 26.1 Å². The van der Waals surface area contributed by atoms with Gasteiger partial charge < -0.3 is 14.8 Å². The zero-order valence-corrected chi connectivity index (χ0v) is 18.9. The standard InChI is InChI=1S/C21H25ClN2O6S/c1-29-12-11-24-31(27,28)17-6-3-15(4-7-17)14-23-21(26)10-8-19(25)18-13-16(22)5-9-20(18)30-2/h3-7,9,13,24H,8,10-12,14H2,1-2H3,(H,23,26). The van der Waals surface area contributed by atoms with Gasteiger partial charge in [-0.25, -0.2) is 13.1 Å². The fraction of sp³-hybridized carbons (Fsp3) is 0.333. The lowest BCUT2D eigenvalue weighted by molar-refractivity contribution is -0.121. The smallest absolute Gasteiger partial charge is 0.240 e. The average molecular weight is 469 g/mol. The third-order valence-corrected chi connectivity index (χ3v) is 6.07. The molecule has 0 aliphatic rings. The van der Waals surface area contributed by atoms with Gasteiger partial charge in [-0.2, -0.15) is 0 Å². The molecule has 2 rings (SSSR count). The number of amides is 1. The quantitative estimate of drug-likeness (QED) is 0.366. The van der Waals surface area contributed by atoms with Crippen LogP contribution in [0.15, 0.2) is 47.4 Å². The monoisotopic (exact) mass is 468 g/mol. The summed E-state index contributed by atoms with van der Waals surface area (Å²) in [5.41, 5.74) is 1.06. The van der Waals surface area contributed by atoms with E-state index in [1.807, 2.05) is 0 Å². The number of carbonyl (C=O) groups is 2. The van der Waals surface area contributed by atoms with Crippen LogP contribution in [0.4, 0.5) is 0 Å². The van der Waals surface area contributed by atoms with Gasteiger partial charge in [0.25, 0.3) is 0 Å². The first-order valence-electron chi connectivity index (χ1n) is 9.48. The number of halogens is 1. The van der Waals surface area contributed by atoms with Crippen LogP contribution in [0.25, 0.3) is 0 Å². The number of benzene rings is 2. The van der Waals surface area contributed by atoms with Gasteiger partial charge in [-0.15, -0.1) is 0 Å². The van der Waals surface area contributed by atoms with Crippen molar-refractivity contribution in [3.8, 4) is 5.75 Å². The highest BCUT2D eigenvalue weighted by Crippen LogP contribution is 2.24. The van der Waals surface area contributed by atoms with Gasteiger partial charge in [0.15, 0.2) is 5.78 Å². The number of hydrogen-bond acceptors (Lipinski definition) is 6. The third kappa shape index (κ3) is 7.62. The minimum Gasteiger partial charge on any atom is -0.496 e. The third-order valence-electron chi connectivity index (χ3n) is 4.36. The van der Waals surface area contributed by atoms with Crippen molar-refractivity contribution in [2.24, 2.45) is 0 Å². The molecule has 2 N–H and O–H groups in total. The molecule has 8 nitrogen and oxygen atoms in total. The molecule has 0 aliphatic carbocycles. The number of rotatable bonds is 12. The first-order valence-corrected chi connectivity index (χ1v) is 11.3. The Labute approximate surface area is 186 Å². The number of Topliss-reactive ketones (excluding diaryl/α,β-unsaturated/α-hetero) is 1. The molecule has 10 heteroatoms. The van der Waals surface area contributed by atoms with Crippen molar-refractivity contribution in [2.75, 3.05) is 27.4 Å². The Kier molecular flexibility index (Phi) is 9.44. The van der Waals surface area contributed by atoms with Crippen molar-refractivity contribution in [1.82, 2.24) is 10.0 Å². The van der Waals surface area contributed by atoms with Gasteiger partial charge in [0.1, 0.15) is 5.75 Å². The van der Waals surface area contributed by atoms with E-state index in [1.54, 1.807) is 24.3 Å². The molecule has 31 heavy (non-hydrogen) atoms. The van der Waals surface area contributed by atoms with E-state index in [1.165, 1.54) is 32.4 Å². The van der Waals surface area contributed by atoms with E-state index < -0.39 is 10.0 Å². The fourth-order valence-electron chi connectivity index (χ4n) is 2.70. The molecule has 168 valence electrons. The summed E-state index contributed by atoms with van der Waals surface area (Å²) in [5, 5.41) is 3.13. The molecule has 0 radical (unpaired) electrons. The van der Waals surface area contributed by atoms with Crippen LogP contribution in [-0.4, -0.2) is 47.5 Å². The highest BCUT2D eigenvalue weighted by molar-refractivity contribution is 7.89. The number of methoxy groups -OCH3 is 2. The van der Waals surface area contributed by atoms with Gasteiger partial charge >= 0.3 is 0 Å². The van der Waals surface area contributed by atoms with Gasteiger partial charge in [-0.05, 0) is 35.9 Å². The highest BCUT2D eigenvalue weighted by atomic mass is 35.5. The molecular weight excluding hydrogens is 444 g/mol. The van der Waals surface area contributed by atoms with Crippen molar-refractivity contribution >= 4 is 33.3 Å². The van der Waals surface area contributed by atoms with Crippen LogP contribution in [0.3, 0.4) is 0 Å². The van der Waals surface area contributed by atoms with E-state index >= 15 is 0 Å². The first kappa shape index (κ1) is 24.8. The van der Waals surface area contributed by atoms with Crippen LogP contribution in [0.2, 0.25) is 5.02 Å². The lowest BCUT2D eigenvalue weighted by Gasteiger charge is -2.09. The Hall–Kier alpha value is -2.46. The summed E-state index contributed by atoms with van der Waals surface area (Å²) in [6.45, 7) is 0.664. The normalized spacial score (nSPS) is 11.2. The van der Waals surface area contributed by atoms with Crippen molar-refractivity contribution in [3.05, 3.63) is 58.6 Å². The SMILES string of the molecule is COCCNS(=O)(=O)c1ccc(CNC(=O)CCC(=O)c2cc(Cl)ccc2OC)cc1. The van der Waals surface area contributed by atoms with Gasteiger partial charge in [-0.1, -0.05) is 23.7 Å². The summed E-state index contributed by atoms with van der Waals surface area (Å²) < 4.78 is 36.7. The molecule has 0 spiro atoms. The molecule has 2 aromatic carbocycles. The molecule has 0 bridgehead atoms. The van der Waals surface area contributed by atoms with Crippen LogP contribution in [0.1, 0.15) is 28.8 Å². The number of ether oxygens (including phenoxy) is 2. The summed E-state index contributed by atoms with van der Waals surface area (Å²) in [5.74, 6) is -0.140. The van der Waals surface area contributed by atoms with Crippen molar-refractivity contribution in [2.45, 2.75) is 24.3 Å². The fourth-order valence-corrected chi connectivity index (χ4v) is 3.88. The molecule has 1 amide bonds. The second-order valence-electron chi connectivity index (χ2n) is 6.58. The zero-order chi connectivity index (χ0) is 22.9. The maximum atomic E-state index is 12.4. The molecule has 0 aromatic heterocycles. The minimum atomic E-state index is -3.61. The Balaban J connectivity index is 1.85. The molecule has 0 saturated heterocycles. The molecule has 0 heterocycles. The molecule has 0 saturated carbocycles. The van der Waals surface area contributed by atoms with E-state index in [2.05, 4.69) is 10.0 Å².